The molecule has 24 heavy (non-hydrogen) atoms. The lowest BCUT2D eigenvalue weighted by Gasteiger charge is -2.10. The van der Waals surface area contributed by atoms with E-state index in [0.717, 1.165) is 31.4 Å². The number of nitriles is 1. The van der Waals surface area contributed by atoms with Gasteiger partial charge < -0.3 is 5.32 Å². The molecule has 0 bridgehead atoms. The maximum atomic E-state index is 12.2. The predicted molar refractivity (Wildman–Crippen MR) is 92.6 cm³/mol. The minimum absolute atomic E-state index is 0.0950. The third-order valence-electron chi connectivity index (χ3n) is 4.06. The van der Waals surface area contributed by atoms with Gasteiger partial charge in [0.2, 0.25) is 0 Å². The van der Waals surface area contributed by atoms with E-state index in [0.29, 0.717) is 10.6 Å². The molecule has 1 amide bonds. The molecule has 6 heteroatoms. The van der Waals surface area contributed by atoms with Crippen LogP contribution in [0.3, 0.4) is 0 Å². The Hall–Kier alpha value is -2.58. The number of carbonyl (C=O) groups is 1. The number of carbonyl (C=O) groups excluding carboxylic acids is 1. The molecule has 3 rings (SSSR count). The molecule has 1 aliphatic rings. The maximum absolute atomic E-state index is 12.2. The number of hydrogen-bond acceptors (Lipinski definition) is 3. The first-order valence-electron chi connectivity index (χ1n) is 7.89. The summed E-state index contributed by atoms with van der Waals surface area (Å²) in [6, 6.07) is 9.42. The molecule has 0 spiro atoms. The molecule has 1 heterocycles. The molecule has 1 aromatic heterocycles. The maximum Gasteiger partial charge on any atom is 0.262 e. The van der Waals surface area contributed by atoms with Crippen molar-refractivity contribution in [3.8, 4) is 11.8 Å². The van der Waals surface area contributed by atoms with Gasteiger partial charge in [0, 0.05) is 22.8 Å². The van der Waals surface area contributed by atoms with Crippen LogP contribution in [0.2, 0.25) is 5.02 Å². The van der Waals surface area contributed by atoms with Gasteiger partial charge in [0.15, 0.2) is 0 Å². The van der Waals surface area contributed by atoms with Crippen LogP contribution >= 0.6 is 11.6 Å². The van der Waals surface area contributed by atoms with Crippen LogP contribution in [-0.4, -0.2) is 21.7 Å². The van der Waals surface area contributed by atoms with E-state index in [1.807, 2.05) is 18.2 Å². The minimum Gasteiger partial charge on any atom is -0.349 e. The number of nitrogens with one attached hydrogen (secondary N) is 1. The minimum atomic E-state index is -0.316. The summed E-state index contributed by atoms with van der Waals surface area (Å²) in [7, 11) is 0. The van der Waals surface area contributed by atoms with E-state index in [2.05, 4.69) is 10.4 Å². The average molecular weight is 341 g/mol. The lowest BCUT2D eigenvalue weighted by Crippen LogP contribution is -2.33. The van der Waals surface area contributed by atoms with E-state index >= 15 is 0 Å². The van der Waals surface area contributed by atoms with Gasteiger partial charge in [-0.1, -0.05) is 24.4 Å². The zero-order chi connectivity index (χ0) is 16.9. The number of benzene rings is 1. The number of aromatic nitrogens is 2. The van der Waals surface area contributed by atoms with Crippen LogP contribution in [0.15, 0.2) is 42.2 Å². The fraction of sp³-hybridized carbons (Fsp3) is 0.278. The van der Waals surface area contributed by atoms with Crippen molar-refractivity contribution in [1.29, 1.82) is 5.26 Å². The second kappa shape index (κ2) is 7.33. The molecule has 1 saturated carbocycles. The van der Waals surface area contributed by atoms with Crippen molar-refractivity contribution in [1.82, 2.24) is 15.1 Å². The quantitative estimate of drug-likeness (QED) is 0.684. The van der Waals surface area contributed by atoms with Crippen molar-refractivity contribution in [3.05, 3.63) is 52.8 Å². The van der Waals surface area contributed by atoms with Crippen molar-refractivity contribution in [2.45, 2.75) is 31.7 Å². The van der Waals surface area contributed by atoms with E-state index in [1.54, 1.807) is 35.3 Å². The van der Waals surface area contributed by atoms with Gasteiger partial charge in [-0.15, -0.1) is 0 Å². The van der Waals surface area contributed by atoms with Gasteiger partial charge in [-0.25, -0.2) is 4.68 Å². The summed E-state index contributed by atoms with van der Waals surface area (Å²) in [4.78, 5) is 12.2. The molecule has 1 N–H and O–H groups in total. The van der Waals surface area contributed by atoms with Crippen molar-refractivity contribution in [3.63, 3.8) is 0 Å². The fourth-order valence-electron chi connectivity index (χ4n) is 2.79. The Bertz CT molecular complexity index is 795. The SMILES string of the molecule is N#C/C(=C\c1cnn(-c2ccc(Cl)cc2)c1)C(=O)NC1CCCC1. The number of rotatable bonds is 4. The molecule has 0 atom stereocenters. The van der Waals surface area contributed by atoms with Gasteiger partial charge in [-0.3, -0.25) is 4.79 Å². The van der Waals surface area contributed by atoms with Crippen molar-refractivity contribution in [2.24, 2.45) is 0 Å². The van der Waals surface area contributed by atoms with Crippen LogP contribution < -0.4 is 5.32 Å². The highest BCUT2D eigenvalue weighted by atomic mass is 35.5. The zero-order valence-electron chi connectivity index (χ0n) is 13.1. The number of nitrogens with zero attached hydrogens (tertiary/aromatic N) is 3. The lowest BCUT2D eigenvalue weighted by atomic mass is 10.1. The summed E-state index contributed by atoms with van der Waals surface area (Å²) >= 11 is 5.88. The summed E-state index contributed by atoms with van der Waals surface area (Å²) in [5, 5.41) is 17.1. The van der Waals surface area contributed by atoms with Crippen molar-refractivity contribution < 1.29 is 4.79 Å². The zero-order valence-corrected chi connectivity index (χ0v) is 13.8. The van der Waals surface area contributed by atoms with Crippen LogP contribution in [0.1, 0.15) is 31.2 Å². The summed E-state index contributed by atoms with van der Waals surface area (Å²) in [5.74, 6) is -0.316. The average Bonchev–Trinajstić information content (AvgIpc) is 3.25. The molecule has 2 aromatic rings. The highest BCUT2D eigenvalue weighted by molar-refractivity contribution is 6.30. The van der Waals surface area contributed by atoms with Crippen LogP contribution in [-0.2, 0) is 4.79 Å². The van der Waals surface area contributed by atoms with Gasteiger partial charge >= 0.3 is 0 Å². The van der Waals surface area contributed by atoms with Crippen LogP contribution in [0.25, 0.3) is 11.8 Å². The Balaban J connectivity index is 1.75. The van der Waals surface area contributed by atoms with E-state index in [9.17, 15) is 10.1 Å². The van der Waals surface area contributed by atoms with E-state index in [-0.39, 0.29) is 17.5 Å². The van der Waals surface area contributed by atoms with Gasteiger partial charge in [-0.05, 0) is 43.2 Å². The predicted octanol–water partition coefficient (Wildman–Crippen LogP) is 3.49. The van der Waals surface area contributed by atoms with E-state index in [4.69, 9.17) is 11.6 Å². The van der Waals surface area contributed by atoms with Gasteiger partial charge in [0.1, 0.15) is 11.6 Å². The number of hydrogen-bond donors (Lipinski definition) is 1. The Labute approximate surface area is 145 Å². The second-order valence-electron chi connectivity index (χ2n) is 5.82. The Morgan fingerprint density at radius 3 is 2.71 bits per heavy atom. The van der Waals surface area contributed by atoms with Gasteiger partial charge in [-0.2, -0.15) is 10.4 Å². The first-order chi connectivity index (χ1) is 11.7. The first-order valence-corrected chi connectivity index (χ1v) is 8.27. The third kappa shape index (κ3) is 3.84. The van der Waals surface area contributed by atoms with Crippen LogP contribution in [0.5, 0.6) is 0 Å². The lowest BCUT2D eigenvalue weighted by molar-refractivity contribution is -0.117. The highest BCUT2D eigenvalue weighted by Gasteiger charge is 2.19. The van der Waals surface area contributed by atoms with Crippen LogP contribution in [0.4, 0.5) is 0 Å². The van der Waals surface area contributed by atoms with Gasteiger partial charge in [0.05, 0.1) is 11.9 Å². The summed E-state index contributed by atoms with van der Waals surface area (Å²) in [6.07, 6.45) is 9.18. The molecular formula is C18H17ClN4O. The van der Waals surface area contributed by atoms with Gasteiger partial charge in [0.25, 0.3) is 5.91 Å². The summed E-state index contributed by atoms with van der Waals surface area (Å²) in [5.41, 5.74) is 1.65. The molecular weight excluding hydrogens is 324 g/mol. The summed E-state index contributed by atoms with van der Waals surface area (Å²) in [6.45, 7) is 0. The van der Waals surface area contributed by atoms with Crippen LogP contribution in [0, 0.1) is 11.3 Å². The highest BCUT2D eigenvalue weighted by Crippen LogP contribution is 2.18. The molecule has 0 saturated heterocycles. The largest absolute Gasteiger partial charge is 0.349 e. The molecule has 0 aliphatic heterocycles. The second-order valence-corrected chi connectivity index (χ2v) is 6.26. The molecule has 0 radical (unpaired) electrons. The fourth-order valence-corrected chi connectivity index (χ4v) is 2.92. The molecule has 1 fully saturated rings. The third-order valence-corrected chi connectivity index (χ3v) is 4.31. The molecule has 5 nitrogen and oxygen atoms in total. The first kappa shape index (κ1) is 16.3. The van der Waals surface area contributed by atoms with Crippen molar-refractivity contribution >= 4 is 23.6 Å². The standard InChI is InChI=1S/C18H17ClN4O/c19-15-5-7-17(8-6-15)23-12-13(11-21-23)9-14(10-20)18(24)22-16-3-1-2-4-16/h5-9,11-12,16H,1-4H2,(H,22,24)/b14-9+. The molecule has 1 aromatic carbocycles. The Morgan fingerprint density at radius 1 is 1.33 bits per heavy atom. The Morgan fingerprint density at radius 2 is 2.04 bits per heavy atom. The van der Waals surface area contributed by atoms with E-state index < -0.39 is 0 Å². The normalized spacial score (nSPS) is 15.2. The molecule has 0 unspecified atom stereocenters. The Kier molecular flexibility index (Phi) is 4.97. The monoisotopic (exact) mass is 340 g/mol. The molecule has 1 aliphatic carbocycles. The van der Waals surface area contributed by atoms with Crippen molar-refractivity contribution in [2.75, 3.05) is 0 Å². The number of amides is 1. The van der Waals surface area contributed by atoms with E-state index in [1.165, 1.54) is 0 Å². The topological polar surface area (TPSA) is 70.7 Å². The molecule has 122 valence electrons. The smallest absolute Gasteiger partial charge is 0.262 e. The summed E-state index contributed by atoms with van der Waals surface area (Å²) < 4.78 is 1.67. The number of halogens is 1.